The molecule has 0 aliphatic carbocycles. The van der Waals surface area contributed by atoms with Gasteiger partial charge in [-0.1, -0.05) is 11.3 Å². The molecule has 0 spiro atoms. The average molecular weight is 502 g/mol. The van der Waals surface area contributed by atoms with Crippen LogP contribution in [0.25, 0.3) is 15.2 Å². The number of fused-ring (bicyclic) bond motifs is 1. The summed E-state index contributed by atoms with van der Waals surface area (Å²) in [6, 6.07) is 3.70. The fraction of sp³-hybridized carbons (Fsp3) is 0.348. The molecule has 0 aliphatic heterocycles. The Morgan fingerprint density at radius 1 is 1.26 bits per heavy atom. The molecule has 0 amide bonds. The number of aryl methyl sites for hydroxylation is 1. The standard InChI is InChI=1S/C23H24FN5O5S/c1-12-18-19(32)28(23(3,4)13(2)30)22(33)27(21(18)35-20(12)29-25-8-9-26-29)11-16(31)15-10-14(24)6-7-17(15)34-5/h6-10,16,31H,11H2,1-5H3/t16-/m1/s1. The van der Waals surface area contributed by atoms with Crippen molar-refractivity contribution in [2.24, 2.45) is 0 Å². The van der Waals surface area contributed by atoms with Gasteiger partial charge in [-0.25, -0.2) is 13.8 Å². The number of hydrogen-bond donors (Lipinski definition) is 1. The van der Waals surface area contributed by atoms with E-state index in [0.717, 1.165) is 22.0 Å². The molecule has 184 valence electrons. The zero-order valence-corrected chi connectivity index (χ0v) is 20.6. The highest BCUT2D eigenvalue weighted by Gasteiger charge is 2.33. The minimum absolute atomic E-state index is 0.137. The second-order valence-electron chi connectivity index (χ2n) is 8.58. The summed E-state index contributed by atoms with van der Waals surface area (Å²) in [6.07, 6.45) is 1.60. The minimum atomic E-state index is -1.45. The summed E-state index contributed by atoms with van der Waals surface area (Å²) < 4.78 is 21.3. The van der Waals surface area contributed by atoms with Gasteiger partial charge in [0.15, 0.2) is 5.78 Å². The van der Waals surface area contributed by atoms with Gasteiger partial charge in [0.2, 0.25) is 0 Å². The van der Waals surface area contributed by atoms with Crippen molar-refractivity contribution in [2.45, 2.75) is 45.9 Å². The third-order valence-electron chi connectivity index (χ3n) is 6.11. The molecule has 4 rings (SSSR count). The number of rotatable bonds is 7. The van der Waals surface area contributed by atoms with E-state index in [1.165, 1.54) is 61.8 Å². The van der Waals surface area contributed by atoms with Gasteiger partial charge in [-0.3, -0.25) is 14.2 Å². The minimum Gasteiger partial charge on any atom is -0.496 e. The van der Waals surface area contributed by atoms with Crippen LogP contribution in [0.1, 0.15) is 38.0 Å². The van der Waals surface area contributed by atoms with E-state index in [0.29, 0.717) is 10.6 Å². The lowest BCUT2D eigenvalue weighted by molar-refractivity contribution is -0.124. The van der Waals surface area contributed by atoms with Crippen LogP contribution in [0.3, 0.4) is 0 Å². The molecule has 35 heavy (non-hydrogen) atoms. The highest BCUT2D eigenvalue weighted by Crippen LogP contribution is 2.33. The molecule has 0 unspecified atom stereocenters. The number of aromatic nitrogens is 5. The van der Waals surface area contributed by atoms with E-state index in [4.69, 9.17) is 4.74 Å². The molecule has 3 aromatic heterocycles. The normalized spacial score (nSPS) is 12.8. The van der Waals surface area contributed by atoms with Gasteiger partial charge in [-0.05, 0) is 45.9 Å². The van der Waals surface area contributed by atoms with Crippen molar-refractivity contribution in [3.8, 4) is 10.8 Å². The first-order valence-electron chi connectivity index (χ1n) is 10.7. The molecule has 0 fully saturated rings. The molecule has 3 heterocycles. The van der Waals surface area contributed by atoms with Crippen LogP contribution in [0.5, 0.6) is 5.75 Å². The van der Waals surface area contributed by atoms with E-state index in [-0.39, 0.29) is 28.1 Å². The maximum Gasteiger partial charge on any atom is 0.333 e. The summed E-state index contributed by atoms with van der Waals surface area (Å²) in [5.41, 5.74) is -2.21. The predicted molar refractivity (Wildman–Crippen MR) is 128 cm³/mol. The number of benzene rings is 1. The Hall–Kier alpha value is -3.64. The number of ketones is 1. The van der Waals surface area contributed by atoms with Gasteiger partial charge in [-0.2, -0.15) is 10.2 Å². The molecule has 1 atom stereocenters. The zero-order chi connectivity index (χ0) is 25.7. The highest BCUT2D eigenvalue weighted by atomic mass is 32.1. The van der Waals surface area contributed by atoms with Crippen molar-refractivity contribution in [1.82, 2.24) is 24.1 Å². The molecule has 0 bridgehead atoms. The molecule has 1 aromatic carbocycles. The number of halogens is 1. The van der Waals surface area contributed by atoms with E-state index >= 15 is 0 Å². The first kappa shape index (κ1) is 24.5. The van der Waals surface area contributed by atoms with E-state index in [1.807, 2.05) is 0 Å². The van der Waals surface area contributed by atoms with Crippen molar-refractivity contribution >= 4 is 27.3 Å². The number of nitrogens with zero attached hydrogens (tertiary/aromatic N) is 5. The number of carbonyl (C=O) groups excluding carboxylic acids is 1. The first-order chi connectivity index (χ1) is 16.5. The maximum absolute atomic E-state index is 14.0. The smallest absolute Gasteiger partial charge is 0.333 e. The van der Waals surface area contributed by atoms with E-state index in [1.54, 1.807) is 6.92 Å². The van der Waals surface area contributed by atoms with Crippen molar-refractivity contribution in [3.05, 3.63) is 68.4 Å². The number of carbonyl (C=O) groups is 1. The monoisotopic (exact) mass is 501 g/mol. The van der Waals surface area contributed by atoms with Gasteiger partial charge in [0.05, 0.1) is 31.4 Å². The summed E-state index contributed by atoms with van der Waals surface area (Å²) in [5, 5.41) is 20.0. The van der Waals surface area contributed by atoms with Crippen LogP contribution in [0.15, 0.2) is 40.2 Å². The fourth-order valence-electron chi connectivity index (χ4n) is 3.89. The Labute approximate surface area is 202 Å². The SMILES string of the molecule is COc1ccc(F)cc1[C@H](O)Cn1c(=O)n(C(C)(C)C(C)=O)c(=O)c2c(C)c(-n3nccn3)sc21. The number of ether oxygens (including phenoxy) is 1. The van der Waals surface area contributed by atoms with E-state index in [9.17, 15) is 23.9 Å². The molecule has 0 aliphatic rings. The van der Waals surface area contributed by atoms with Crippen LogP contribution >= 0.6 is 11.3 Å². The Morgan fingerprint density at radius 2 is 1.91 bits per heavy atom. The van der Waals surface area contributed by atoms with Crippen LogP contribution in [0, 0.1) is 12.7 Å². The maximum atomic E-state index is 14.0. The Morgan fingerprint density at radius 3 is 2.51 bits per heavy atom. The largest absolute Gasteiger partial charge is 0.496 e. The summed E-state index contributed by atoms with van der Waals surface area (Å²) >= 11 is 1.10. The van der Waals surface area contributed by atoms with Crippen LogP contribution in [0.4, 0.5) is 4.39 Å². The summed E-state index contributed by atoms with van der Waals surface area (Å²) in [5.74, 6) is -0.736. The number of thiophene rings is 1. The lowest BCUT2D eigenvalue weighted by atomic mass is 10.00. The molecule has 0 radical (unpaired) electrons. The van der Waals surface area contributed by atoms with Crippen LogP contribution in [-0.4, -0.2) is 42.1 Å². The first-order valence-corrected chi connectivity index (χ1v) is 11.5. The van der Waals surface area contributed by atoms with Gasteiger partial charge in [0.1, 0.15) is 33.0 Å². The molecular weight excluding hydrogens is 477 g/mol. The van der Waals surface area contributed by atoms with Crippen LogP contribution in [0.2, 0.25) is 0 Å². The van der Waals surface area contributed by atoms with E-state index in [2.05, 4.69) is 10.2 Å². The van der Waals surface area contributed by atoms with Gasteiger partial charge >= 0.3 is 5.69 Å². The van der Waals surface area contributed by atoms with Gasteiger partial charge in [0, 0.05) is 11.1 Å². The predicted octanol–water partition coefficient (Wildman–Crippen LogP) is 2.32. The number of aliphatic hydroxyl groups is 1. The summed E-state index contributed by atoms with van der Waals surface area (Å²) in [7, 11) is 1.38. The molecule has 10 nitrogen and oxygen atoms in total. The number of hydrogen-bond acceptors (Lipinski definition) is 8. The molecule has 12 heteroatoms. The van der Waals surface area contributed by atoms with Crippen molar-refractivity contribution in [1.29, 1.82) is 0 Å². The molecule has 0 saturated heterocycles. The Bertz CT molecular complexity index is 1550. The topological polar surface area (TPSA) is 121 Å². The van der Waals surface area contributed by atoms with Crippen molar-refractivity contribution < 1.29 is 19.0 Å². The summed E-state index contributed by atoms with van der Waals surface area (Å²) in [4.78, 5) is 41.3. The second-order valence-corrected chi connectivity index (χ2v) is 9.56. The Balaban J connectivity index is 2.03. The summed E-state index contributed by atoms with van der Waals surface area (Å²) in [6.45, 7) is 5.64. The van der Waals surface area contributed by atoms with Crippen LogP contribution in [-0.2, 0) is 16.9 Å². The van der Waals surface area contributed by atoms with E-state index < -0.39 is 34.5 Å². The van der Waals surface area contributed by atoms with Crippen LogP contribution < -0.4 is 16.0 Å². The van der Waals surface area contributed by atoms with Gasteiger partial charge in [0.25, 0.3) is 5.56 Å². The molecular formula is C23H24FN5O5S. The number of methoxy groups -OCH3 is 1. The lowest BCUT2D eigenvalue weighted by Crippen LogP contribution is -2.52. The van der Waals surface area contributed by atoms with Crippen molar-refractivity contribution in [2.75, 3.05) is 7.11 Å². The quantitative estimate of drug-likeness (QED) is 0.412. The average Bonchev–Trinajstić information content (AvgIpc) is 3.44. The zero-order valence-electron chi connectivity index (χ0n) is 19.8. The third kappa shape index (κ3) is 3.98. The second kappa shape index (κ2) is 8.86. The van der Waals surface area contributed by atoms with Gasteiger partial charge in [-0.15, -0.1) is 4.80 Å². The third-order valence-corrected chi connectivity index (χ3v) is 7.40. The van der Waals surface area contributed by atoms with Crippen molar-refractivity contribution in [3.63, 3.8) is 0 Å². The fourth-order valence-corrected chi connectivity index (χ4v) is 5.11. The Kier molecular flexibility index (Phi) is 6.20. The molecule has 4 aromatic rings. The highest BCUT2D eigenvalue weighted by molar-refractivity contribution is 7.21. The number of aliphatic hydroxyl groups excluding tert-OH is 1. The molecule has 0 saturated carbocycles. The van der Waals surface area contributed by atoms with Gasteiger partial charge < -0.3 is 9.84 Å². The number of Topliss-reactive ketones (excluding diaryl/α,β-unsaturated/α-hetero) is 1. The lowest BCUT2D eigenvalue weighted by Gasteiger charge is -2.25. The molecule has 1 N–H and O–H groups in total.